The normalized spacial score (nSPS) is 15.2. The monoisotopic (exact) mass is 340 g/mol. The zero-order chi connectivity index (χ0) is 17.6. The zero-order valence-corrected chi connectivity index (χ0v) is 14.8. The molecule has 1 amide bonds. The van der Waals surface area contributed by atoms with Gasteiger partial charge in [-0.2, -0.15) is 0 Å². The second-order valence-electron chi connectivity index (χ2n) is 6.23. The minimum Gasteiger partial charge on any atom is -0.369 e. The maximum absolute atomic E-state index is 11.4. The fourth-order valence-electron chi connectivity index (χ4n) is 2.92. The van der Waals surface area contributed by atoms with E-state index < -0.39 is 0 Å². The van der Waals surface area contributed by atoms with Crippen molar-refractivity contribution in [3.05, 3.63) is 36.3 Å². The molecule has 7 heteroatoms. The van der Waals surface area contributed by atoms with E-state index in [9.17, 15) is 4.79 Å². The molecule has 2 aromatic heterocycles. The Labute approximate surface area is 148 Å². The van der Waals surface area contributed by atoms with Gasteiger partial charge in [0.1, 0.15) is 5.82 Å². The quantitative estimate of drug-likeness (QED) is 0.887. The number of anilines is 1. The van der Waals surface area contributed by atoms with E-state index in [4.69, 9.17) is 0 Å². The van der Waals surface area contributed by atoms with Crippen LogP contribution < -0.4 is 5.32 Å². The molecule has 132 valence electrons. The van der Waals surface area contributed by atoms with Gasteiger partial charge in [0, 0.05) is 75.9 Å². The van der Waals surface area contributed by atoms with E-state index in [0.717, 1.165) is 56.3 Å². The average molecular weight is 340 g/mol. The fraction of sp³-hybridized carbons (Fsp3) is 0.444. The van der Waals surface area contributed by atoms with Crippen LogP contribution in [0.2, 0.25) is 0 Å². The zero-order valence-electron chi connectivity index (χ0n) is 14.8. The second-order valence-corrected chi connectivity index (χ2v) is 6.23. The number of aromatic nitrogens is 3. The first-order chi connectivity index (χ1) is 12.1. The van der Waals surface area contributed by atoms with Gasteiger partial charge in [0.25, 0.3) is 0 Å². The van der Waals surface area contributed by atoms with Crippen LogP contribution in [0.3, 0.4) is 0 Å². The molecule has 0 atom stereocenters. The molecule has 0 aliphatic carbocycles. The molecular weight excluding hydrogens is 316 g/mol. The van der Waals surface area contributed by atoms with Gasteiger partial charge in [-0.15, -0.1) is 0 Å². The number of pyridine rings is 1. The fourth-order valence-corrected chi connectivity index (χ4v) is 2.92. The summed E-state index contributed by atoms with van der Waals surface area (Å²) in [4.78, 5) is 28.8. The summed E-state index contributed by atoms with van der Waals surface area (Å²) in [6, 6.07) is 5.78. The summed E-state index contributed by atoms with van der Waals surface area (Å²) < 4.78 is 0. The van der Waals surface area contributed by atoms with Gasteiger partial charge in [-0.3, -0.25) is 14.7 Å². The smallest absolute Gasteiger partial charge is 0.219 e. The Morgan fingerprint density at radius 2 is 1.88 bits per heavy atom. The Morgan fingerprint density at radius 1 is 1.16 bits per heavy atom. The summed E-state index contributed by atoms with van der Waals surface area (Å²) in [7, 11) is 0. The molecule has 1 N–H and O–H groups in total. The number of rotatable bonds is 5. The molecule has 7 nitrogen and oxygen atoms in total. The van der Waals surface area contributed by atoms with Crippen LogP contribution in [-0.4, -0.2) is 69.9 Å². The minimum atomic E-state index is 0.165. The predicted octanol–water partition coefficient (Wildman–Crippen LogP) is 1.42. The number of aryl methyl sites for hydroxylation is 1. The SMILES string of the molecule is CC(=O)N1CCN(CCNc2cc(C)nc(-c3ccncc3)n2)CC1. The van der Waals surface area contributed by atoms with Crippen molar-refractivity contribution < 1.29 is 4.79 Å². The van der Waals surface area contributed by atoms with E-state index in [1.807, 2.05) is 30.0 Å². The van der Waals surface area contributed by atoms with Gasteiger partial charge in [0.15, 0.2) is 5.82 Å². The lowest BCUT2D eigenvalue weighted by atomic mass is 10.2. The maximum atomic E-state index is 11.4. The average Bonchev–Trinajstić information content (AvgIpc) is 2.62. The number of hydrogen-bond acceptors (Lipinski definition) is 6. The highest BCUT2D eigenvalue weighted by Crippen LogP contribution is 2.16. The summed E-state index contributed by atoms with van der Waals surface area (Å²) in [5.41, 5.74) is 1.89. The Morgan fingerprint density at radius 3 is 2.56 bits per heavy atom. The lowest BCUT2D eigenvalue weighted by Crippen LogP contribution is -2.49. The minimum absolute atomic E-state index is 0.165. The largest absolute Gasteiger partial charge is 0.369 e. The van der Waals surface area contributed by atoms with Crippen LogP contribution >= 0.6 is 0 Å². The molecule has 0 radical (unpaired) electrons. The number of carbonyl (C=O) groups is 1. The van der Waals surface area contributed by atoms with Crippen LogP contribution in [-0.2, 0) is 4.79 Å². The number of nitrogens with zero attached hydrogens (tertiary/aromatic N) is 5. The standard InChI is InChI=1S/C18H24N6O/c1-14-13-17(22-18(21-14)16-3-5-19-6-4-16)20-7-8-23-9-11-24(12-10-23)15(2)25/h3-6,13H,7-12H2,1-2H3,(H,20,21,22). The van der Waals surface area contributed by atoms with Crippen molar-refractivity contribution in [2.24, 2.45) is 0 Å². The molecule has 25 heavy (non-hydrogen) atoms. The third-order valence-electron chi connectivity index (χ3n) is 4.34. The molecule has 1 aliphatic heterocycles. The van der Waals surface area contributed by atoms with Crippen molar-refractivity contribution in [2.75, 3.05) is 44.6 Å². The number of piperazine rings is 1. The van der Waals surface area contributed by atoms with E-state index in [0.29, 0.717) is 5.82 Å². The van der Waals surface area contributed by atoms with Crippen molar-refractivity contribution in [3.63, 3.8) is 0 Å². The third-order valence-corrected chi connectivity index (χ3v) is 4.34. The lowest BCUT2D eigenvalue weighted by molar-refractivity contribution is -0.130. The number of hydrogen-bond donors (Lipinski definition) is 1. The van der Waals surface area contributed by atoms with Crippen molar-refractivity contribution in [3.8, 4) is 11.4 Å². The van der Waals surface area contributed by atoms with E-state index in [-0.39, 0.29) is 5.91 Å². The molecule has 3 heterocycles. The van der Waals surface area contributed by atoms with Crippen LogP contribution in [0, 0.1) is 6.92 Å². The van der Waals surface area contributed by atoms with Crippen LogP contribution in [0.15, 0.2) is 30.6 Å². The Bertz CT molecular complexity index is 713. The van der Waals surface area contributed by atoms with Gasteiger partial charge in [-0.25, -0.2) is 9.97 Å². The number of carbonyl (C=O) groups excluding carboxylic acids is 1. The summed E-state index contributed by atoms with van der Waals surface area (Å²) in [6.45, 7) is 8.82. The van der Waals surface area contributed by atoms with Crippen LogP contribution in [0.4, 0.5) is 5.82 Å². The molecule has 3 rings (SSSR count). The van der Waals surface area contributed by atoms with Gasteiger partial charge >= 0.3 is 0 Å². The highest BCUT2D eigenvalue weighted by Gasteiger charge is 2.17. The maximum Gasteiger partial charge on any atom is 0.219 e. The van der Waals surface area contributed by atoms with Gasteiger partial charge in [-0.1, -0.05) is 0 Å². The van der Waals surface area contributed by atoms with E-state index >= 15 is 0 Å². The van der Waals surface area contributed by atoms with Crippen LogP contribution in [0.5, 0.6) is 0 Å². The van der Waals surface area contributed by atoms with E-state index in [2.05, 4.69) is 25.2 Å². The summed E-state index contributed by atoms with van der Waals surface area (Å²) in [6.07, 6.45) is 3.49. The summed E-state index contributed by atoms with van der Waals surface area (Å²) >= 11 is 0. The van der Waals surface area contributed by atoms with Crippen molar-refractivity contribution in [1.29, 1.82) is 0 Å². The van der Waals surface area contributed by atoms with Crippen molar-refractivity contribution >= 4 is 11.7 Å². The first-order valence-corrected chi connectivity index (χ1v) is 8.59. The first-order valence-electron chi connectivity index (χ1n) is 8.59. The Kier molecular flexibility index (Phi) is 5.55. The second kappa shape index (κ2) is 8.02. The molecule has 0 saturated carbocycles. The van der Waals surface area contributed by atoms with Gasteiger partial charge in [0.05, 0.1) is 0 Å². The van der Waals surface area contributed by atoms with E-state index in [1.165, 1.54) is 0 Å². The van der Waals surface area contributed by atoms with Crippen LogP contribution in [0.25, 0.3) is 11.4 Å². The van der Waals surface area contributed by atoms with Crippen molar-refractivity contribution in [1.82, 2.24) is 24.8 Å². The lowest BCUT2D eigenvalue weighted by Gasteiger charge is -2.34. The highest BCUT2D eigenvalue weighted by atomic mass is 16.2. The van der Waals surface area contributed by atoms with E-state index in [1.54, 1.807) is 19.3 Å². The summed E-state index contributed by atoms with van der Waals surface area (Å²) in [5.74, 6) is 1.71. The topological polar surface area (TPSA) is 74.2 Å². The molecule has 1 aliphatic rings. The number of nitrogens with one attached hydrogen (secondary N) is 1. The molecule has 0 unspecified atom stereocenters. The molecule has 0 aromatic carbocycles. The molecular formula is C18H24N6O. The predicted molar refractivity (Wildman–Crippen MR) is 97.2 cm³/mol. The van der Waals surface area contributed by atoms with Crippen molar-refractivity contribution in [2.45, 2.75) is 13.8 Å². The van der Waals surface area contributed by atoms with Crippen LogP contribution in [0.1, 0.15) is 12.6 Å². The van der Waals surface area contributed by atoms with Gasteiger partial charge < -0.3 is 10.2 Å². The highest BCUT2D eigenvalue weighted by molar-refractivity contribution is 5.73. The summed E-state index contributed by atoms with van der Waals surface area (Å²) in [5, 5.41) is 3.39. The van der Waals surface area contributed by atoms with Gasteiger partial charge in [0.2, 0.25) is 5.91 Å². The molecule has 2 aromatic rings. The third kappa shape index (κ3) is 4.73. The Hall–Kier alpha value is -2.54. The molecule has 1 fully saturated rings. The molecule has 0 bridgehead atoms. The first kappa shape index (κ1) is 17.3. The van der Waals surface area contributed by atoms with Gasteiger partial charge in [-0.05, 0) is 19.1 Å². The molecule has 0 spiro atoms. The molecule has 1 saturated heterocycles. The number of amides is 1. The Balaban J connectivity index is 1.54.